The summed E-state index contributed by atoms with van der Waals surface area (Å²) in [4.78, 5) is 25.6. The molecule has 9 heteroatoms. The highest BCUT2D eigenvalue weighted by molar-refractivity contribution is 5.90. The van der Waals surface area contributed by atoms with Gasteiger partial charge in [-0.1, -0.05) is 24.3 Å². The van der Waals surface area contributed by atoms with Crippen molar-refractivity contribution in [2.45, 2.75) is 39.0 Å². The summed E-state index contributed by atoms with van der Waals surface area (Å²) in [5.74, 6) is -0.783. The number of nitrogens with one attached hydrogen (secondary N) is 1. The number of carbonyl (C=O) groups is 1. The molecule has 1 fully saturated rings. The summed E-state index contributed by atoms with van der Waals surface area (Å²) in [5, 5.41) is 15.9. The minimum atomic E-state index is -0.783. The number of pyridine rings is 1. The number of benzene rings is 1. The molecule has 0 amide bonds. The van der Waals surface area contributed by atoms with E-state index in [4.69, 9.17) is 9.94 Å². The van der Waals surface area contributed by atoms with E-state index in [1.807, 2.05) is 41.7 Å². The molecule has 2 N–H and O–H groups in total. The molecule has 2 aliphatic heterocycles. The summed E-state index contributed by atoms with van der Waals surface area (Å²) in [6.07, 6.45) is 7.20. The van der Waals surface area contributed by atoms with E-state index < -0.39 is 5.97 Å². The molecular formula is C26H34N6O3. The van der Waals surface area contributed by atoms with Crippen molar-refractivity contribution >= 4 is 23.4 Å². The zero-order valence-corrected chi connectivity index (χ0v) is 20.5. The summed E-state index contributed by atoms with van der Waals surface area (Å²) in [6.45, 7) is 9.37. The molecule has 0 saturated carbocycles. The lowest BCUT2D eigenvalue weighted by Gasteiger charge is -2.44. The Morgan fingerprint density at radius 1 is 1.23 bits per heavy atom. The average molecular weight is 479 g/mol. The number of hydrazone groups is 1. The molecule has 186 valence electrons. The van der Waals surface area contributed by atoms with E-state index in [1.54, 1.807) is 12.4 Å². The van der Waals surface area contributed by atoms with Crippen LogP contribution in [0.25, 0.3) is 5.57 Å². The third kappa shape index (κ3) is 6.05. The van der Waals surface area contributed by atoms with Crippen LogP contribution >= 0.6 is 0 Å². The van der Waals surface area contributed by atoms with Crippen molar-refractivity contribution in [2.75, 3.05) is 37.7 Å². The van der Waals surface area contributed by atoms with Crippen LogP contribution in [0.4, 0.5) is 5.69 Å². The van der Waals surface area contributed by atoms with E-state index in [2.05, 4.69) is 53.2 Å². The van der Waals surface area contributed by atoms with Crippen molar-refractivity contribution in [3.63, 3.8) is 0 Å². The van der Waals surface area contributed by atoms with Gasteiger partial charge in [0.25, 0.3) is 0 Å². The van der Waals surface area contributed by atoms with Crippen LogP contribution in [-0.4, -0.2) is 83.0 Å². The van der Waals surface area contributed by atoms with E-state index in [9.17, 15) is 9.90 Å². The van der Waals surface area contributed by atoms with Crippen molar-refractivity contribution < 1.29 is 14.7 Å². The van der Waals surface area contributed by atoms with Crippen molar-refractivity contribution in [1.82, 2.24) is 20.3 Å². The van der Waals surface area contributed by atoms with Gasteiger partial charge in [-0.2, -0.15) is 5.10 Å². The second kappa shape index (κ2) is 11.4. The van der Waals surface area contributed by atoms with E-state index in [-0.39, 0.29) is 24.7 Å². The zero-order chi connectivity index (χ0) is 24.8. The summed E-state index contributed by atoms with van der Waals surface area (Å²) in [7, 11) is 0. The minimum absolute atomic E-state index is 0.0732. The Morgan fingerprint density at radius 2 is 1.94 bits per heavy atom. The number of carboxylic acid groups (broad SMARTS) is 1. The van der Waals surface area contributed by atoms with Crippen molar-refractivity contribution in [2.24, 2.45) is 5.10 Å². The maximum absolute atomic E-state index is 11.2. The predicted molar refractivity (Wildman–Crippen MR) is 137 cm³/mol. The van der Waals surface area contributed by atoms with Crippen LogP contribution in [0.1, 0.15) is 31.9 Å². The largest absolute Gasteiger partial charge is 0.480 e. The maximum Gasteiger partial charge on any atom is 0.317 e. The molecule has 0 radical (unpaired) electrons. The number of hydrogen-bond acceptors (Lipinski definition) is 8. The first-order valence-corrected chi connectivity index (χ1v) is 12.1. The molecule has 3 heterocycles. The fraction of sp³-hybridized carbons (Fsp3) is 0.423. The zero-order valence-electron chi connectivity index (χ0n) is 20.5. The molecule has 35 heavy (non-hydrogen) atoms. The van der Waals surface area contributed by atoms with Gasteiger partial charge in [0.05, 0.1) is 18.4 Å². The van der Waals surface area contributed by atoms with Gasteiger partial charge in [0.2, 0.25) is 0 Å². The van der Waals surface area contributed by atoms with Gasteiger partial charge in [0.15, 0.2) is 0 Å². The van der Waals surface area contributed by atoms with Crippen LogP contribution in [0.15, 0.2) is 60.1 Å². The minimum Gasteiger partial charge on any atom is -0.480 e. The third-order valence-corrected chi connectivity index (χ3v) is 6.56. The molecule has 0 spiro atoms. The first kappa shape index (κ1) is 24.8. The number of aromatic nitrogens is 1. The van der Waals surface area contributed by atoms with E-state index >= 15 is 0 Å². The number of piperazine rings is 1. The monoisotopic (exact) mass is 478 g/mol. The number of aliphatic carboxylic acids is 1. The van der Waals surface area contributed by atoms with Gasteiger partial charge in [0, 0.05) is 68.0 Å². The Balaban J connectivity index is 1.47. The standard InChI is InChI=1S/C26H34N6O3/c1-4-32(22-9-11-27-12-10-22)28-13-21-7-5-6-8-23(21)24-14-29-35-25(24)17-30-15-19(2)31(18-26(33)34)20(3)16-30/h5-14,19-20,25,29H,4,15-18H2,1-3H3,(H,33,34). The van der Waals surface area contributed by atoms with Gasteiger partial charge in [-0.25, -0.2) is 0 Å². The molecule has 4 rings (SSSR count). The molecule has 3 unspecified atom stereocenters. The summed E-state index contributed by atoms with van der Waals surface area (Å²) >= 11 is 0. The Hall–Kier alpha value is -3.27. The van der Waals surface area contributed by atoms with E-state index in [1.165, 1.54) is 0 Å². The molecule has 1 aromatic heterocycles. The first-order valence-electron chi connectivity index (χ1n) is 12.1. The van der Waals surface area contributed by atoms with E-state index in [0.717, 1.165) is 48.6 Å². The van der Waals surface area contributed by atoms with Gasteiger partial charge in [-0.3, -0.25) is 34.9 Å². The smallest absolute Gasteiger partial charge is 0.317 e. The van der Waals surface area contributed by atoms with Crippen molar-refractivity contribution in [1.29, 1.82) is 0 Å². The first-order chi connectivity index (χ1) is 17.0. The van der Waals surface area contributed by atoms with Crippen LogP contribution < -0.4 is 10.5 Å². The lowest BCUT2D eigenvalue weighted by molar-refractivity contribution is -0.140. The lowest BCUT2D eigenvalue weighted by atomic mass is 9.96. The number of hydrogen-bond donors (Lipinski definition) is 2. The highest BCUT2D eigenvalue weighted by atomic mass is 16.7. The second-order valence-electron chi connectivity index (χ2n) is 9.06. The Kier molecular flexibility index (Phi) is 8.12. The summed E-state index contributed by atoms with van der Waals surface area (Å²) < 4.78 is 0. The number of nitrogens with zero attached hydrogens (tertiary/aromatic N) is 5. The molecule has 2 aliphatic rings. The molecule has 0 aliphatic carbocycles. The highest BCUT2D eigenvalue weighted by Crippen LogP contribution is 2.28. The van der Waals surface area contributed by atoms with Crippen molar-refractivity contribution in [3.05, 3.63) is 66.1 Å². The maximum atomic E-state index is 11.2. The van der Waals surface area contributed by atoms with Crippen LogP contribution in [0, 0.1) is 0 Å². The van der Waals surface area contributed by atoms with Gasteiger partial charge in [-0.05, 0) is 38.5 Å². The molecule has 2 aromatic rings. The van der Waals surface area contributed by atoms with Gasteiger partial charge < -0.3 is 5.11 Å². The molecule has 0 bridgehead atoms. The SMILES string of the molecule is CCN(N=Cc1ccccc1C1=CNOC1CN1CC(C)N(CC(=O)O)C(C)C1)c1ccncc1. The molecular weight excluding hydrogens is 444 g/mol. The van der Waals surface area contributed by atoms with Crippen LogP contribution in [0.3, 0.4) is 0 Å². The highest BCUT2D eigenvalue weighted by Gasteiger charge is 2.33. The topological polar surface area (TPSA) is 93.5 Å². The van der Waals surface area contributed by atoms with Crippen LogP contribution in [-0.2, 0) is 9.63 Å². The fourth-order valence-electron chi connectivity index (χ4n) is 4.89. The normalized spacial score (nSPS) is 23.3. The molecule has 1 saturated heterocycles. The lowest BCUT2D eigenvalue weighted by Crippen LogP contribution is -2.58. The van der Waals surface area contributed by atoms with Crippen LogP contribution in [0.5, 0.6) is 0 Å². The second-order valence-corrected chi connectivity index (χ2v) is 9.06. The number of hydroxylamine groups is 1. The van der Waals surface area contributed by atoms with Crippen LogP contribution in [0.2, 0.25) is 0 Å². The summed E-state index contributed by atoms with van der Waals surface area (Å²) in [6, 6.07) is 12.4. The fourth-order valence-corrected chi connectivity index (χ4v) is 4.89. The molecule has 1 aromatic carbocycles. The summed E-state index contributed by atoms with van der Waals surface area (Å²) in [5.41, 5.74) is 7.11. The Morgan fingerprint density at radius 3 is 2.63 bits per heavy atom. The number of rotatable bonds is 9. The quantitative estimate of drug-likeness (QED) is 0.420. The predicted octanol–water partition coefficient (Wildman–Crippen LogP) is 2.67. The van der Waals surface area contributed by atoms with Gasteiger partial charge in [-0.15, -0.1) is 0 Å². The number of carboxylic acids is 1. The van der Waals surface area contributed by atoms with Gasteiger partial charge in [0.1, 0.15) is 6.10 Å². The third-order valence-electron chi connectivity index (χ3n) is 6.56. The average Bonchev–Trinajstić information content (AvgIpc) is 3.30. The molecule has 9 nitrogen and oxygen atoms in total. The van der Waals surface area contributed by atoms with Gasteiger partial charge >= 0.3 is 5.97 Å². The molecule has 3 atom stereocenters. The number of anilines is 1. The van der Waals surface area contributed by atoms with Crippen molar-refractivity contribution in [3.8, 4) is 0 Å². The Labute approximate surface area is 206 Å². The van der Waals surface area contributed by atoms with E-state index in [0.29, 0.717) is 0 Å². The Bertz CT molecular complexity index is 1050.